The molecule has 1 atom stereocenters. The fraction of sp³-hybridized carbons (Fsp3) is 0.588. The minimum atomic E-state index is -0.791. The minimum absolute atomic E-state index is 0.179. The monoisotopic (exact) mass is 352 g/mol. The molecule has 1 aromatic rings. The van der Waals surface area contributed by atoms with E-state index in [0.29, 0.717) is 18.3 Å². The second-order valence-corrected chi connectivity index (χ2v) is 6.61. The summed E-state index contributed by atoms with van der Waals surface area (Å²) in [5.74, 6) is 0.266. The van der Waals surface area contributed by atoms with Crippen molar-refractivity contribution in [2.45, 2.75) is 46.5 Å². The van der Waals surface area contributed by atoms with Gasteiger partial charge in [-0.25, -0.2) is 4.79 Å². The number of carbonyl (C=O) groups excluding carboxylic acids is 1. The van der Waals surface area contributed by atoms with Crippen molar-refractivity contribution in [1.82, 2.24) is 0 Å². The zero-order chi connectivity index (χ0) is 19.0. The second kappa shape index (κ2) is 9.71. The maximum atomic E-state index is 12.0. The van der Waals surface area contributed by atoms with Crippen LogP contribution in [0.3, 0.4) is 0 Å². The first-order valence-corrected chi connectivity index (χ1v) is 8.31. The van der Waals surface area contributed by atoms with Gasteiger partial charge in [0.25, 0.3) is 11.4 Å². The van der Waals surface area contributed by atoms with Crippen LogP contribution in [0.2, 0.25) is 0 Å². The average Bonchev–Trinajstić information content (AvgIpc) is 2.53. The molecule has 0 saturated carbocycles. The molecule has 0 saturated heterocycles. The Morgan fingerprint density at radius 3 is 2.04 bits per heavy atom. The molecule has 0 N–H and O–H groups in total. The molecule has 0 radical (unpaired) electrons. The number of nitro benzene ring substituents is 2. The summed E-state index contributed by atoms with van der Waals surface area (Å²) in [5, 5.41) is 21.7. The number of carbonyl (C=O) groups is 1. The number of hydrogen-bond donors (Lipinski definition) is 0. The van der Waals surface area contributed by atoms with Gasteiger partial charge in [0.15, 0.2) is 0 Å². The predicted octanol–water partition coefficient (Wildman–Crippen LogP) is 4.51. The van der Waals surface area contributed by atoms with E-state index in [4.69, 9.17) is 4.74 Å². The van der Waals surface area contributed by atoms with Gasteiger partial charge >= 0.3 is 5.97 Å². The molecule has 0 aliphatic carbocycles. The van der Waals surface area contributed by atoms with Gasteiger partial charge in [-0.2, -0.15) is 0 Å². The summed E-state index contributed by atoms with van der Waals surface area (Å²) in [6.07, 6.45) is 3.99. The Labute approximate surface area is 146 Å². The molecule has 0 aliphatic rings. The van der Waals surface area contributed by atoms with Gasteiger partial charge < -0.3 is 4.74 Å². The molecule has 0 amide bonds. The van der Waals surface area contributed by atoms with Crippen molar-refractivity contribution in [3.8, 4) is 0 Å². The van der Waals surface area contributed by atoms with E-state index in [9.17, 15) is 25.0 Å². The van der Waals surface area contributed by atoms with Gasteiger partial charge in [-0.15, -0.1) is 0 Å². The SMILES string of the molecule is CC(C)CCCC(C)CCOC(=O)c1cc([N+](=O)[O-])cc([N+](=O)[O-])c1. The Hall–Kier alpha value is -2.51. The number of nitro groups is 2. The molecule has 25 heavy (non-hydrogen) atoms. The summed E-state index contributed by atoms with van der Waals surface area (Å²) < 4.78 is 5.11. The van der Waals surface area contributed by atoms with Crippen molar-refractivity contribution in [3.63, 3.8) is 0 Å². The number of esters is 1. The third-order valence-corrected chi connectivity index (χ3v) is 3.88. The molecule has 0 aromatic heterocycles. The molecule has 1 rings (SSSR count). The Morgan fingerprint density at radius 2 is 1.56 bits per heavy atom. The van der Waals surface area contributed by atoms with Crippen LogP contribution in [0.5, 0.6) is 0 Å². The van der Waals surface area contributed by atoms with Crippen molar-refractivity contribution >= 4 is 17.3 Å². The van der Waals surface area contributed by atoms with E-state index in [0.717, 1.165) is 37.5 Å². The highest BCUT2D eigenvalue weighted by atomic mass is 16.6. The topological polar surface area (TPSA) is 113 Å². The van der Waals surface area contributed by atoms with Crippen molar-refractivity contribution < 1.29 is 19.4 Å². The van der Waals surface area contributed by atoms with Crippen molar-refractivity contribution in [3.05, 3.63) is 44.0 Å². The van der Waals surface area contributed by atoms with Crippen LogP contribution in [0, 0.1) is 32.1 Å². The van der Waals surface area contributed by atoms with E-state index >= 15 is 0 Å². The van der Waals surface area contributed by atoms with E-state index in [1.54, 1.807) is 0 Å². The highest BCUT2D eigenvalue weighted by molar-refractivity contribution is 5.91. The Bertz CT molecular complexity index is 597. The quantitative estimate of drug-likeness (QED) is 0.348. The maximum absolute atomic E-state index is 12.0. The summed E-state index contributed by atoms with van der Waals surface area (Å²) >= 11 is 0. The first-order chi connectivity index (χ1) is 11.7. The van der Waals surface area contributed by atoms with Crippen LogP contribution in [0.4, 0.5) is 11.4 Å². The van der Waals surface area contributed by atoms with E-state index in [1.807, 2.05) is 0 Å². The predicted molar refractivity (Wildman–Crippen MR) is 92.5 cm³/mol. The van der Waals surface area contributed by atoms with Gasteiger partial charge in [0.05, 0.1) is 28.1 Å². The molecular weight excluding hydrogens is 328 g/mol. The molecule has 1 aromatic carbocycles. The van der Waals surface area contributed by atoms with Crippen LogP contribution in [0.25, 0.3) is 0 Å². The molecule has 138 valence electrons. The summed E-state index contributed by atoms with van der Waals surface area (Å²) in [7, 11) is 0. The molecule has 0 aliphatic heterocycles. The van der Waals surface area contributed by atoms with Crippen LogP contribution in [0.15, 0.2) is 18.2 Å². The normalized spacial score (nSPS) is 12.0. The third kappa shape index (κ3) is 7.28. The Kier molecular flexibility index (Phi) is 7.97. The summed E-state index contributed by atoms with van der Waals surface area (Å²) in [4.78, 5) is 32.1. The molecule has 8 heteroatoms. The second-order valence-electron chi connectivity index (χ2n) is 6.61. The molecule has 0 fully saturated rings. The van der Waals surface area contributed by atoms with Gasteiger partial charge in [0.1, 0.15) is 0 Å². The molecule has 1 unspecified atom stereocenters. The van der Waals surface area contributed by atoms with Crippen molar-refractivity contribution in [1.29, 1.82) is 0 Å². The van der Waals surface area contributed by atoms with Gasteiger partial charge in [0, 0.05) is 12.1 Å². The van der Waals surface area contributed by atoms with E-state index < -0.39 is 27.2 Å². The van der Waals surface area contributed by atoms with Crippen molar-refractivity contribution in [2.75, 3.05) is 6.61 Å². The molecule has 8 nitrogen and oxygen atoms in total. The fourth-order valence-electron chi connectivity index (χ4n) is 2.38. The summed E-state index contributed by atoms with van der Waals surface area (Å²) in [6.45, 7) is 6.60. The van der Waals surface area contributed by atoms with Crippen LogP contribution < -0.4 is 0 Å². The fourth-order valence-corrected chi connectivity index (χ4v) is 2.38. The van der Waals surface area contributed by atoms with E-state index in [-0.39, 0.29) is 12.2 Å². The zero-order valence-electron chi connectivity index (χ0n) is 14.8. The molecular formula is C17H24N2O6. The highest BCUT2D eigenvalue weighted by Crippen LogP contribution is 2.23. The summed E-state index contributed by atoms with van der Waals surface area (Å²) in [6, 6.07) is 2.79. The number of rotatable bonds is 10. The van der Waals surface area contributed by atoms with Crippen molar-refractivity contribution in [2.24, 2.45) is 11.8 Å². The Balaban J connectivity index is 2.59. The number of nitrogens with zero attached hydrogens (tertiary/aromatic N) is 2. The van der Waals surface area contributed by atoms with Crippen LogP contribution in [0.1, 0.15) is 56.8 Å². The van der Waals surface area contributed by atoms with Gasteiger partial charge in [0.2, 0.25) is 0 Å². The standard InChI is InChI=1S/C17H24N2O6/c1-12(2)5-4-6-13(3)7-8-25-17(20)14-9-15(18(21)22)11-16(10-14)19(23)24/h9-13H,4-8H2,1-3H3. The maximum Gasteiger partial charge on any atom is 0.338 e. The lowest BCUT2D eigenvalue weighted by atomic mass is 9.98. The van der Waals surface area contributed by atoms with Crippen LogP contribution >= 0.6 is 0 Å². The van der Waals surface area contributed by atoms with Gasteiger partial charge in [-0.3, -0.25) is 20.2 Å². The van der Waals surface area contributed by atoms with E-state index in [1.165, 1.54) is 0 Å². The number of benzene rings is 1. The lowest BCUT2D eigenvalue weighted by Gasteiger charge is -2.12. The lowest BCUT2D eigenvalue weighted by molar-refractivity contribution is -0.394. The summed E-state index contributed by atoms with van der Waals surface area (Å²) in [5.41, 5.74) is -1.21. The lowest BCUT2D eigenvalue weighted by Crippen LogP contribution is -2.10. The Morgan fingerprint density at radius 1 is 1.00 bits per heavy atom. The number of ether oxygens (including phenoxy) is 1. The largest absolute Gasteiger partial charge is 0.462 e. The van der Waals surface area contributed by atoms with Gasteiger partial charge in [-0.05, 0) is 18.3 Å². The molecule has 0 heterocycles. The smallest absolute Gasteiger partial charge is 0.338 e. The number of non-ortho nitro benzene ring substituents is 2. The number of hydrogen-bond acceptors (Lipinski definition) is 6. The highest BCUT2D eigenvalue weighted by Gasteiger charge is 2.20. The zero-order valence-corrected chi connectivity index (χ0v) is 14.8. The average molecular weight is 352 g/mol. The first kappa shape index (κ1) is 20.5. The molecule has 0 spiro atoms. The first-order valence-electron chi connectivity index (χ1n) is 8.31. The van der Waals surface area contributed by atoms with Crippen LogP contribution in [-0.4, -0.2) is 22.4 Å². The van der Waals surface area contributed by atoms with E-state index in [2.05, 4.69) is 20.8 Å². The third-order valence-electron chi connectivity index (χ3n) is 3.88. The molecule has 0 bridgehead atoms. The van der Waals surface area contributed by atoms with Gasteiger partial charge in [-0.1, -0.05) is 40.0 Å². The minimum Gasteiger partial charge on any atom is -0.462 e. The van der Waals surface area contributed by atoms with Crippen LogP contribution in [-0.2, 0) is 4.74 Å².